The summed E-state index contributed by atoms with van der Waals surface area (Å²) in [7, 11) is 1.58. The maximum Gasteiger partial charge on any atom is 0.236 e. The molecule has 1 heterocycles. The van der Waals surface area contributed by atoms with Gasteiger partial charge in [-0.1, -0.05) is 40.6 Å². The second-order valence-electron chi connectivity index (χ2n) is 4.22. The van der Waals surface area contributed by atoms with Gasteiger partial charge >= 0.3 is 0 Å². The molecule has 0 aliphatic heterocycles. The van der Waals surface area contributed by atoms with E-state index in [1.807, 2.05) is 6.07 Å². The number of hydrogen-bond donors (Lipinski definition) is 1. The minimum atomic E-state index is -0.120. The maximum atomic E-state index is 11.8. The van der Waals surface area contributed by atoms with Crippen LogP contribution < -0.4 is 5.32 Å². The number of aromatic nitrogens is 2. The van der Waals surface area contributed by atoms with Gasteiger partial charge in [-0.3, -0.25) is 10.1 Å². The van der Waals surface area contributed by atoms with Crippen LogP contribution in [0, 0.1) is 0 Å². The smallest absolute Gasteiger partial charge is 0.236 e. The Morgan fingerprint density at radius 2 is 2.18 bits per heavy atom. The predicted octanol–water partition coefficient (Wildman–Crippen LogP) is 3.86. The molecule has 0 spiro atoms. The fraction of sp³-hybridized carbons (Fsp3) is 0.308. The lowest BCUT2D eigenvalue weighted by atomic mass is 10.2. The number of carbonyl (C=O) groups excluding carboxylic acids is 1. The first kappa shape index (κ1) is 17.5. The standard InChI is InChI=1S/C13H13Cl2N3O2S2/c1-20-5-12-17-18-13(22-12)16-11(19)7-21-6-8-2-3-9(14)10(15)4-8/h2-4H,5-7H2,1H3,(H,16,18,19). The summed E-state index contributed by atoms with van der Waals surface area (Å²) in [5.74, 6) is 0.875. The Morgan fingerprint density at radius 1 is 1.36 bits per heavy atom. The van der Waals surface area contributed by atoms with Crippen molar-refractivity contribution < 1.29 is 9.53 Å². The fourth-order valence-corrected chi connectivity index (χ4v) is 3.36. The van der Waals surface area contributed by atoms with Crippen molar-refractivity contribution in [2.75, 3.05) is 18.2 Å². The second kappa shape index (κ2) is 8.69. The monoisotopic (exact) mass is 377 g/mol. The van der Waals surface area contributed by atoms with Crippen LogP contribution in [0.25, 0.3) is 0 Å². The molecule has 1 aromatic carbocycles. The number of methoxy groups -OCH3 is 1. The van der Waals surface area contributed by atoms with Crippen LogP contribution in [0.4, 0.5) is 5.13 Å². The molecule has 0 aliphatic rings. The van der Waals surface area contributed by atoms with Crippen LogP contribution in [0.2, 0.25) is 10.0 Å². The molecule has 2 rings (SSSR count). The Morgan fingerprint density at radius 3 is 2.91 bits per heavy atom. The first-order valence-corrected chi connectivity index (χ1v) is 8.94. The largest absolute Gasteiger partial charge is 0.377 e. The van der Waals surface area contributed by atoms with Crippen LogP contribution in [-0.4, -0.2) is 29.0 Å². The topological polar surface area (TPSA) is 64.1 Å². The summed E-state index contributed by atoms with van der Waals surface area (Å²) in [6.07, 6.45) is 0. The first-order valence-electron chi connectivity index (χ1n) is 6.21. The number of nitrogens with one attached hydrogen (secondary N) is 1. The number of nitrogens with zero attached hydrogens (tertiary/aromatic N) is 2. The Hall–Kier alpha value is -0.860. The molecule has 0 unspecified atom stereocenters. The highest BCUT2D eigenvalue weighted by Crippen LogP contribution is 2.24. The molecule has 2 aromatic rings. The third-order valence-corrected chi connectivity index (χ3v) is 5.02. The molecule has 0 fully saturated rings. The van der Waals surface area contributed by atoms with E-state index in [9.17, 15) is 4.79 Å². The molecular weight excluding hydrogens is 365 g/mol. The Kier molecular flexibility index (Phi) is 6.91. The number of amides is 1. The zero-order valence-electron chi connectivity index (χ0n) is 11.6. The number of anilines is 1. The van der Waals surface area contributed by atoms with Crippen LogP contribution in [0.15, 0.2) is 18.2 Å². The van der Waals surface area contributed by atoms with Gasteiger partial charge in [-0.15, -0.1) is 22.0 Å². The van der Waals surface area contributed by atoms with Gasteiger partial charge in [0.05, 0.1) is 15.8 Å². The summed E-state index contributed by atoms with van der Waals surface area (Å²) in [5.41, 5.74) is 1.02. The van der Waals surface area contributed by atoms with Gasteiger partial charge in [-0.2, -0.15) is 0 Å². The number of thioether (sulfide) groups is 1. The molecule has 0 saturated carbocycles. The zero-order chi connectivity index (χ0) is 15.9. The molecule has 1 aromatic heterocycles. The van der Waals surface area contributed by atoms with E-state index in [1.54, 1.807) is 19.2 Å². The summed E-state index contributed by atoms with van der Waals surface area (Å²) in [6.45, 7) is 0.389. The van der Waals surface area contributed by atoms with E-state index in [4.69, 9.17) is 27.9 Å². The summed E-state index contributed by atoms with van der Waals surface area (Å²) in [5, 5.41) is 12.7. The lowest BCUT2D eigenvalue weighted by molar-refractivity contribution is -0.113. The minimum absolute atomic E-state index is 0.120. The number of halogens is 2. The highest BCUT2D eigenvalue weighted by atomic mass is 35.5. The van der Waals surface area contributed by atoms with Crippen molar-refractivity contribution in [1.82, 2.24) is 10.2 Å². The quantitative estimate of drug-likeness (QED) is 0.793. The molecule has 5 nitrogen and oxygen atoms in total. The number of rotatable bonds is 7. The molecule has 118 valence electrons. The number of benzene rings is 1. The molecular formula is C13H13Cl2N3O2S2. The molecule has 0 bridgehead atoms. The molecule has 0 aliphatic carbocycles. The number of ether oxygens (including phenoxy) is 1. The van der Waals surface area contributed by atoms with Gasteiger partial charge in [-0.05, 0) is 17.7 Å². The number of hydrogen-bond acceptors (Lipinski definition) is 6. The average molecular weight is 378 g/mol. The molecule has 0 atom stereocenters. The summed E-state index contributed by atoms with van der Waals surface area (Å²) < 4.78 is 4.95. The number of carbonyl (C=O) groups is 1. The Bertz CT molecular complexity index is 652. The second-order valence-corrected chi connectivity index (χ2v) is 7.09. The van der Waals surface area contributed by atoms with Gasteiger partial charge in [-0.25, -0.2) is 0 Å². The van der Waals surface area contributed by atoms with Crippen LogP contribution in [0.3, 0.4) is 0 Å². The maximum absolute atomic E-state index is 11.8. The third kappa shape index (κ3) is 5.40. The normalized spacial score (nSPS) is 10.7. The average Bonchev–Trinajstić information content (AvgIpc) is 2.90. The van der Waals surface area contributed by atoms with Gasteiger partial charge in [0.15, 0.2) is 0 Å². The van der Waals surface area contributed by atoms with Crippen molar-refractivity contribution in [3.8, 4) is 0 Å². The van der Waals surface area contributed by atoms with E-state index < -0.39 is 0 Å². The van der Waals surface area contributed by atoms with Crippen LogP contribution in [-0.2, 0) is 21.9 Å². The Balaban J connectivity index is 1.76. The summed E-state index contributed by atoms with van der Waals surface area (Å²) in [6, 6.07) is 5.44. The van der Waals surface area contributed by atoms with Gasteiger partial charge in [0, 0.05) is 12.9 Å². The van der Waals surface area contributed by atoms with Crippen molar-refractivity contribution in [3.05, 3.63) is 38.8 Å². The minimum Gasteiger partial charge on any atom is -0.377 e. The van der Waals surface area contributed by atoms with Crippen molar-refractivity contribution >= 4 is 57.3 Å². The molecule has 1 amide bonds. The molecule has 0 radical (unpaired) electrons. The van der Waals surface area contributed by atoms with E-state index in [0.717, 1.165) is 10.6 Å². The predicted molar refractivity (Wildman–Crippen MR) is 91.9 cm³/mol. The molecule has 9 heteroatoms. The van der Waals surface area contributed by atoms with Gasteiger partial charge < -0.3 is 4.74 Å². The lowest BCUT2D eigenvalue weighted by Crippen LogP contribution is -2.13. The zero-order valence-corrected chi connectivity index (χ0v) is 14.8. The molecule has 0 saturated heterocycles. The fourth-order valence-electron chi connectivity index (χ4n) is 1.53. The van der Waals surface area contributed by atoms with Crippen molar-refractivity contribution in [2.24, 2.45) is 0 Å². The van der Waals surface area contributed by atoms with E-state index in [-0.39, 0.29) is 5.91 Å². The molecule has 1 N–H and O–H groups in total. The Labute approximate surface area is 146 Å². The van der Waals surface area contributed by atoms with Crippen LogP contribution >= 0.6 is 46.3 Å². The highest BCUT2D eigenvalue weighted by Gasteiger charge is 2.08. The van der Waals surface area contributed by atoms with Crippen LogP contribution in [0.1, 0.15) is 10.6 Å². The van der Waals surface area contributed by atoms with E-state index in [1.165, 1.54) is 23.1 Å². The van der Waals surface area contributed by atoms with Gasteiger partial charge in [0.1, 0.15) is 11.6 Å². The third-order valence-electron chi connectivity index (χ3n) is 2.47. The SMILES string of the molecule is COCc1nnc(NC(=O)CSCc2ccc(Cl)c(Cl)c2)s1. The van der Waals surface area contributed by atoms with Gasteiger partial charge in [0.25, 0.3) is 0 Å². The lowest BCUT2D eigenvalue weighted by Gasteiger charge is -2.03. The van der Waals surface area contributed by atoms with E-state index >= 15 is 0 Å². The van der Waals surface area contributed by atoms with E-state index in [0.29, 0.717) is 33.3 Å². The van der Waals surface area contributed by atoms with Crippen LogP contribution in [0.5, 0.6) is 0 Å². The first-order chi connectivity index (χ1) is 10.6. The van der Waals surface area contributed by atoms with Crippen molar-refractivity contribution in [1.29, 1.82) is 0 Å². The summed E-state index contributed by atoms with van der Waals surface area (Å²) >= 11 is 14.6. The van der Waals surface area contributed by atoms with E-state index in [2.05, 4.69) is 15.5 Å². The summed E-state index contributed by atoms with van der Waals surface area (Å²) in [4.78, 5) is 11.8. The molecule has 22 heavy (non-hydrogen) atoms. The van der Waals surface area contributed by atoms with Crippen molar-refractivity contribution in [2.45, 2.75) is 12.4 Å². The highest BCUT2D eigenvalue weighted by molar-refractivity contribution is 7.99. The van der Waals surface area contributed by atoms with Gasteiger partial charge in [0.2, 0.25) is 11.0 Å². The van der Waals surface area contributed by atoms with Crippen molar-refractivity contribution in [3.63, 3.8) is 0 Å².